The lowest BCUT2D eigenvalue weighted by atomic mass is 10.1. The first-order chi connectivity index (χ1) is 9.58. The van der Waals surface area contributed by atoms with Gasteiger partial charge in [0.15, 0.2) is 5.82 Å². The van der Waals surface area contributed by atoms with Crippen LogP contribution >= 0.6 is 11.8 Å². The van der Waals surface area contributed by atoms with Crippen LogP contribution in [0.1, 0.15) is 17.3 Å². The first kappa shape index (κ1) is 14.1. The molecular weight excluding hydrogens is 283 g/mol. The van der Waals surface area contributed by atoms with Crippen molar-refractivity contribution in [1.82, 2.24) is 4.98 Å². The lowest BCUT2D eigenvalue weighted by Gasteiger charge is -2.08. The first-order valence-corrected chi connectivity index (χ1v) is 6.44. The zero-order valence-corrected chi connectivity index (χ0v) is 11.2. The molecule has 2 rings (SSSR count). The maximum Gasteiger partial charge on any atom is 0.343 e. The van der Waals surface area contributed by atoms with Crippen LogP contribution in [0.4, 0.5) is 4.39 Å². The van der Waals surface area contributed by atoms with Crippen LogP contribution in [-0.4, -0.2) is 22.7 Å². The second-order valence-corrected chi connectivity index (χ2v) is 4.59. The topological polar surface area (TPSA) is 83.2 Å². The average molecular weight is 292 g/mol. The van der Waals surface area contributed by atoms with E-state index < -0.39 is 17.5 Å². The molecule has 1 aromatic heterocycles. The Bertz CT molecular complexity index is 728. The SMILES string of the molecule is CCOC(=O)c1cnc2c(F)cc(SC#N)cc2c1O. The van der Waals surface area contributed by atoms with E-state index in [0.29, 0.717) is 4.90 Å². The molecule has 0 spiro atoms. The number of thiocyanates is 1. The molecule has 7 heteroatoms. The molecule has 102 valence electrons. The number of aromatic nitrogens is 1. The van der Waals surface area contributed by atoms with Gasteiger partial charge in [-0.05, 0) is 30.8 Å². The van der Waals surface area contributed by atoms with Crippen LogP contribution in [0.25, 0.3) is 10.9 Å². The van der Waals surface area contributed by atoms with E-state index in [9.17, 15) is 14.3 Å². The Hall–Kier alpha value is -2.33. The van der Waals surface area contributed by atoms with Crippen LogP contribution in [0.15, 0.2) is 23.2 Å². The molecule has 0 unspecified atom stereocenters. The molecule has 1 heterocycles. The minimum atomic E-state index is -0.738. The zero-order chi connectivity index (χ0) is 14.7. The van der Waals surface area contributed by atoms with Gasteiger partial charge in [-0.25, -0.2) is 9.18 Å². The molecule has 0 fully saturated rings. The fraction of sp³-hybridized carbons (Fsp3) is 0.154. The molecule has 20 heavy (non-hydrogen) atoms. The number of esters is 1. The smallest absolute Gasteiger partial charge is 0.343 e. The third-order valence-electron chi connectivity index (χ3n) is 2.53. The Labute approximate surface area is 118 Å². The number of ether oxygens (including phenoxy) is 1. The molecule has 0 saturated heterocycles. The number of fused-ring (bicyclic) bond motifs is 1. The monoisotopic (exact) mass is 292 g/mol. The van der Waals surface area contributed by atoms with Crippen molar-refractivity contribution in [2.45, 2.75) is 11.8 Å². The number of nitrogens with zero attached hydrogens (tertiary/aromatic N) is 2. The molecule has 0 saturated carbocycles. The highest BCUT2D eigenvalue weighted by molar-refractivity contribution is 8.03. The summed E-state index contributed by atoms with van der Waals surface area (Å²) in [6.45, 7) is 1.78. The van der Waals surface area contributed by atoms with Gasteiger partial charge in [-0.15, -0.1) is 0 Å². The number of thioether (sulfide) groups is 1. The molecule has 2 aromatic rings. The summed E-state index contributed by atoms with van der Waals surface area (Å²) in [6.07, 6.45) is 1.07. The Balaban J connectivity index is 2.65. The molecule has 0 aliphatic heterocycles. The van der Waals surface area contributed by atoms with Crippen LogP contribution in [0, 0.1) is 16.5 Å². The second kappa shape index (κ2) is 5.75. The molecule has 1 aromatic carbocycles. The third kappa shape index (κ3) is 2.51. The van der Waals surface area contributed by atoms with E-state index in [1.807, 2.05) is 5.40 Å². The fourth-order valence-corrected chi connectivity index (χ4v) is 2.14. The molecule has 0 aliphatic carbocycles. The highest BCUT2D eigenvalue weighted by Gasteiger charge is 2.18. The Kier molecular flexibility index (Phi) is 4.05. The Morgan fingerprint density at radius 3 is 3.00 bits per heavy atom. The Morgan fingerprint density at radius 2 is 2.35 bits per heavy atom. The predicted molar refractivity (Wildman–Crippen MR) is 70.8 cm³/mol. The van der Waals surface area contributed by atoms with Gasteiger partial charge in [0.1, 0.15) is 22.2 Å². The number of aromatic hydroxyl groups is 1. The number of halogens is 1. The van der Waals surface area contributed by atoms with Crippen LogP contribution < -0.4 is 0 Å². The van der Waals surface area contributed by atoms with Gasteiger partial charge in [-0.1, -0.05) is 0 Å². The van der Waals surface area contributed by atoms with Gasteiger partial charge < -0.3 is 9.84 Å². The highest BCUT2D eigenvalue weighted by atomic mass is 32.2. The zero-order valence-electron chi connectivity index (χ0n) is 10.4. The number of carbonyl (C=O) groups is 1. The maximum absolute atomic E-state index is 13.8. The van der Waals surface area contributed by atoms with E-state index >= 15 is 0 Å². The van der Waals surface area contributed by atoms with Crippen molar-refractivity contribution < 1.29 is 19.0 Å². The number of hydrogen-bond donors (Lipinski definition) is 1. The van der Waals surface area contributed by atoms with Crippen molar-refractivity contribution in [2.24, 2.45) is 0 Å². The van der Waals surface area contributed by atoms with Gasteiger partial charge in [-0.2, -0.15) is 5.26 Å². The first-order valence-electron chi connectivity index (χ1n) is 5.62. The van der Waals surface area contributed by atoms with E-state index in [-0.39, 0.29) is 23.1 Å². The van der Waals surface area contributed by atoms with Crippen LogP contribution in [0.2, 0.25) is 0 Å². The van der Waals surface area contributed by atoms with Crippen LogP contribution in [0.5, 0.6) is 5.75 Å². The summed E-state index contributed by atoms with van der Waals surface area (Å²) >= 11 is 0.748. The summed E-state index contributed by atoms with van der Waals surface area (Å²) in [7, 11) is 0. The number of nitriles is 1. The van der Waals surface area contributed by atoms with Gasteiger partial charge in [0.2, 0.25) is 0 Å². The van der Waals surface area contributed by atoms with E-state index in [0.717, 1.165) is 24.0 Å². The van der Waals surface area contributed by atoms with E-state index in [2.05, 4.69) is 4.98 Å². The van der Waals surface area contributed by atoms with Crippen LogP contribution in [0.3, 0.4) is 0 Å². The lowest BCUT2D eigenvalue weighted by molar-refractivity contribution is 0.0523. The standard InChI is InChI=1S/C13H9FN2O3S/c1-2-19-13(18)9-5-16-11-8(12(9)17)3-7(20-6-15)4-10(11)14/h3-5H,2H2,1H3,(H,16,17). The van der Waals surface area contributed by atoms with Crippen molar-refractivity contribution in [2.75, 3.05) is 6.61 Å². The average Bonchev–Trinajstić information content (AvgIpc) is 2.40. The van der Waals surface area contributed by atoms with Gasteiger partial charge in [0, 0.05) is 16.5 Å². The largest absolute Gasteiger partial charge is 0.506 e. The molecule has 0 bridgehead atoms. The number of pyridine rings is 1. The summed E-state index contributed by atoms with van der Waals surface area (Å²) in [5.41, 5.74) is -0.212. The molecule has 0 radical (unpaired) electrons. The summed E-state index contributed by atoms with van der Waals surface area (Å²) < 4.78 is 18.6. The van der Waals surface area contributed by atoms with E-state index in [4.69, 9.17) is 10.00 Å². The van der Waals surface area contributed by atoms with E-state index in [1.54, 1.807) is 6.92 Å². The number of rotatable bonds is 3. The normalized spacial score (nSPS) is 10.2. The minimum absolute atomic E-state index is 0.0632. The number of benzene rings is 1. The number of hydrogen-bond acceptors (Lipinski definition) is 6. The minimum Gasteiger partial charge on any atom is -0.506 e. The summed E-state index contributed by atoms with van der Waals surface area (Å²) in [5.74, 6) is -1.82. The maximum atomic E-state index is 13.8. The summed E-state index contributed by atoms with van der Waals surface area (Å²) in [4.78, 5) is 15.8. The van der Waals surface area contributed by atoms with Gasteiger partial charge >= 0.3 is 5.97 Å². The second-order valence-electron chi connectivity index (χ2n) is 3.74. The van der Waals surface area contributed by atoms with Crippen molar-refractivity contribution in [3.8, 4) is 11.2 Å². The van der Waals surface area contributed by atoms with Crippen molar-refractivity contribution in [3.63, 3.8) is 0 Å². The quantitative estimate of drug-likeness (QED) is 0.532. The highest BCUT2D eigenvalue weighted by Crippen LogP contribution is 2.32. The summed E-state index contributed by atoms with van der Waals surface area (Å²) in [5, 5.41) is 20.5. The van der Waals surface area contributed by atoms with E-state index in [1.165, 1.54) is 6.07 Å². The molecule has 1 N–H and O–H groups in total. The Morgan fingerprint density at radius 1 is 1.60 bits per heavy atom. The molecule has 0 amide bonds. The van der Waals surface area contributed by atoms with Gasteiger partial charge in [-0.3, -0.25) is 4.98 Å². The van der Waals surface area contributed by atoms with Crippen molar-refractivity contribution in [1.29, 1.82) is 5.26 Å². The van der Waals surface area contributed by atoms with Crippen molar-refractivity contribution >= 4 is 28.6 Å². The molecular formula is C13H9FN2O3S. The third-order valence-corrected chi connectivity index (χ3v) is 3.09. The molecule has 0 atom stereocenters. The molecule has 5 nitrogen and oxygen atoms in total. The van der Waals surface area contributed by atoms with Gasteiger partial charge in [0.05, 0.1) is 6.61 Å². The summed E-state index contributed by atoms with van der Waals surface area (Å²) in [6, 6.07) is 2.55. The predicted octanol–water partition coefficient (Wildman–Crippen LogP) is 2.83. The van der Waals surface area contributed by atoms with Crippen molar-refractivity contribution in [3.05, 3.63) is 29.7 Å². The number of carbonyl (C=O) groups excluding carboxylic acids is 1. The molecule has 0 aliphatic rings. The van der Waals surface area contributed by atoms with Gasteiger partial charge in [0.25, 0.3) is 0 Å². The lowest BCUT2D eigenvalue weighted by Crippen LogP contribution is -2.06. The van der Waals surface area contributed by atoms with Crippen LogP contribution in [-0.2, 0) is 4.74 Å². The fourth-order valence-electron chi connectivity index (χ4n) is 1.69.